The SMILES string of the molecule is O=C(COc1ccc(Cl)c(F)c1)NC12CC(NC(=O)C3CC4CCCN4N3)(C1)C2. The first kappa shape index (κ1) is 19.1. The summed E-state index contributed by atoms with van der Waals surface area (Å²) < 4.78 is 18.8. The van der Waals surface area contributed by atoms with Gasteiger partial charge in [-0.3, -0.25) is 9.59 Å². The number of fused-ring (bicyclic) bond motifs is 1. The second kappa shape index (κ2) is 6.82. The Morgan fingerprint density at radius 1 is 1.28 bits per heavy atom. The fourth-order valence-corrected chi connectivity index (χ4v) is 5.51. The molecule has 0 radical (unpaired) electrons. The van der Waals surface area contributed by atoms with E-state index in [1.54, 1.807) is 0 Å². The molecule has 1 aromatic carbocycles. The summed E-state index contributed by atoms with van der Waals surface area (Å²) in [6, 6.07) is 4.40. The summed E-state index contributed by atoms with van der Waals surface area (Å²) in [5, 5.41) is 8.39. The van der Waals surface area contributed by atoms with E-state index in [9.17, 15) is 14.0 Å². The van der Waals surface area contributed by atoms with Crippen molar-refractivity contribution in [1.82, 2.24) is 21.1 Å². The Morgan fingerprint density at radius 2 is 2.03 bits per heavy atom. The average Bonchev–Trinajstić information content (AvgIpc) is 3.21. The number of carbonyl (C=O) groups is 2. The van der Waals surface area contributed by atoms with Crippen LogP contribution in [0.3, 0.4) is 0 Å². The lowest BCUT2D eigenvalue weighted by Gasteiger charge is -2.70. The van der Waals surface area contributed by atoms with Crippen molar-refractivity contribution in [2.24, 2.45) is 0 Å². The number of nitrogens with one attached hydrogen (secondary N) is 3. The van der Waals surface area contributed by atoms with Crippen LogP contribution in [0.15, 0.2) is 18.2 Å². The third kappa shape index (κ3) is 3.47. The number of halogens is 2. The molecule has 5 fully saturated rings. The van der Waals surface area contributed by atoms with Crippen LogP contribution in [0.4, 0.5) is 4.39 Å². The highest BCUT2D eigenvalue weighted by Crippen LogP contribution is 2.60. The molecule has 2 aliphatic heterocycles. The van der Waals surface area contributed by atoms with E-state index in [-0.39, 0.29) is 46.3 Å². The molecule has 6 rings (SSSR count). The molecule has 2 amide bonds. The Labute approximate surface area is 173 Å². The zero-order valence-corrected chi connectivity index (χ0v) is 16.7. The third-order valence-electron chi connectivity index (χ3n) is 6.61. The van der Waals surface area contributed by atoms with Crippen LogP contribution in [-0.2, 0) is 9.59 Å². The van der Waals surface area contributed by atoms with E-state index in [0.717, 1.165) is 44.7 Å². The molecule has 9 heteroatoms. The number of hydrogen-bond donors (Lipinski definition) is 3. The lowest BCUT2D eigenvalue weighted by molar-refractivity contribution is -0.151. The van der Waals surface area contributed by atoms with Crippen molar-refractivity contribution in [3.63, 3.8) is 0 Å². The second-order valence-electron chi connectivity index (χ2n) is 8.90. The number of hydrogen-bond acceptors (Lipinski definition) is 5. The van der Waals surface area contributed by atoms with Crippen LogP contribution in [0.1, 0.15) is 38.5 Å². The second-order valence-corrected chi connectivity index (χ2v) is 9.31. The Bertz CT molecular complexity index is 834. The molecular formula is C20H24ClFN4O3. The lowest BCUT2D eigenvalue weighted by atomic mass is 9.44. The molecule has 5 aliphatic rings. The normalized spacial score (nSPS) is 34.7. The molecule has 1 aromatic rings. The van der Waals surface area contributed by atoms with Crippen molar-refractivity contribution < 1.29 is 18.7 Å². The number of rotatable bonds is 6. The van der Waals surface area contributed by atoms with E-state index < -0.39 is 5.82 Å². The van der Waals surface area contributed by atoms with Crippen LogP contribution in [-0.4, -0.2) is 53.1 Å². The van der Waals surface area contributed by atoms with Gasteiger partial charge in [-0.05, 0) is 50.7 Å². The van der Waals surface area contributed by atoms with E-state index >= 15 is 0 Å². The summed E-state index contributed by atoms with van der Waals surface area (Å²) in [4.78, 5) is 24.8. The molecule has 156 valence electrons. The van der Waals surface area contributed by atoms with Crippen LogP contribution >= 0.6 is 11.6 Å². The van der Waals surface area contributed by atoms with Crippen LogP contribution in [0, 0.1) is 5.82 Å². The highest BCUT2D eigenvalue weighted by atomic mass is 35.5. The Morgan fingerprint density at radius 3 is 2.76 bits per heavy atom. The number of benzene rings is 1. The summed E-state index contributed by atoms with van der Waals surface area (Å²) >= 11 is 5.63. The summed E-state index contributed by atoms with van der Waals surface area (Å²) in [7, 11) is 0. The predicted octanol–water partition coefficient (Wildman–Crippen LogP) is 1.51. The molecule has 7 nitrogen and oxygen atoms in total. The molecular weight excluding hydrogens is 399 g/mol. The van der Waals surface area contributed by atoms with Crippen molar-refractivity contribution in [2.45, 2.75) is 61.7 Å². The smallest absolute Gasteiger partial charge is 0.258 e. The highest BCUT2D eigenvalue weighted by Gasteiger charge is 2.69. The van der Waals surface area contributed by atoms with E-state index in [1.807, 2.05) is 0 Å². The molecule has 3 saturated carbocycles. The summed E-state index contributed by atoms with van der Waals surface area (Å²) in [6.45, 7) is 0.824. The minimum Gasteiger partial charge on any atom is -0.484 e. The van der Waals surface area contributed by atoms with Gasteiger partial charge in [-0.1, -0.05) is 11.6 Å². The van der Waals surface area contributed by atoms with Crippen LogP contribution in [0.2, 0.25) is 5.02 Å². The van der Waals surface area contributed by atoms with Gasteiger partial charge in [-0.25, -0.2) is 14.8 Å². The molecule has 2 heterocycles. The van der Waals surface area contributed by atoms with Crippen molar-refractivity contribution in [3.8, 4) is 5.75 Å². The highest BCUT2D eigenvalue weighted by molar-refractivity contribution is 6.30. The molecule has 0 spiro atoms. The summed E-state index contributed by atoms with van der Waals surface area (Å²) in [5.74, 6) is -0.517. The predicted molar refractivity (Wildman–Crippen MR) is 104 cm³/mol. The van der Waals surface area contributed by atoms with E-state index in [1.165, 1.54) is 18.6 Å². The van der Waals surface area contributed by atoms with Crippen molar-refractivity contribution in [3.05, 3.63) is 29.0 Å². The minimum absolute atomic E-state index is 0.0104. The molecule has 0 aromatic heterocycles. The van der Waals surface area contributed by atoms with Gasteiger partial charge in [0.15, 0.2) is 6.61 Å². The first-order valence-corrected chi connectivity index (χ1v) is 10.5. The standard InChI is InChI=1S/C20H24ClFN4O3/c21-14-4-3-13(7-15(14)22)29-8-17(27)23-19-9-20(10-19,11-19)24-18(28)16-6-12-2-1-5-26(12)25-16/h3-4,7,12,16,25H,1-2,5-6,8-11H2,(H,23,27)(H,24,28). The van der Waals surface area contributed by atoms with E-state index in [2.05, 4.69) is 21.1 Å². The molecule has 2 bridgehead atoms. The molecule has 29 heavy (non-hydrogen) atoms. The average molecular weight is 423 g/mol. The topological polar surface area (TPSA) is 82.7 Å². The first-order chi connectivity index (χ1) is 13.9. The number of carbonyl (C=O) groups excluding carboxylic acids is 2. The fourth-order valence-electron chi connectivity index (χ4n) is 5.39. The molecule has 2 unspecified atom stereocenters. The maximum Gasteiger partial charge on any atom is 0.258 e. The van der Waals surface area contributed by atoms with Gasteiger partial charge < -0.3 is 15.4 Å². The largest absolute Gasteiger partial charge is 0.484 e. The quantitative estimate of drug-likeness (QED) is 0.647. The minimum atomic E-state index is -0.584. The van der Waals surface area contributed by atoms with Crippen molar-refractivity contribution in [2.75, 3.05) is 13.2 Å². The maximum atomic E-state index is 13.4. The van der Waals surface area contributed by atoms with Gasteiger partial charge in [0.1, 0.15) is 17.6 Å². The number of nitrogens with zero attached hydrogens (tertiary/aromatic N) is 1. The molecule has 2 saturated heterocycles. The van der Waals surface area contributed by atoms with Gasteiger partial charge in [0, 0.05) is 29.7 Å². The summed E-state index contributed by atoms with van der Waals surface area (Å²) in [5.41, 5.74) is 2.89. The number of ether oxygens (including phenoxy) is 1. The van der Waals surface area contributed by atoms with Gasteiger partial charge in [-0.15, -0.1) is 0 Å². The molecule has 2 atom stereocenters. The first-order valence-electron chi connectivity index (χ1n) is 10.1. The van der Waals surface area contributed by atoms with Crippen molar-refractivity contribution >= 4 is 23.4 Å². The Kier molecular flexibility index (Phi) is 4.49. The Balaban J connectivity index is 1.06. The summed E-state index contributed by atoms with van der Waals surface area (Å²) in [6.07, 6.45) is 5.44. The zero-order chi connectivity index (χ0) is 20.2. The van der Waals surface area contributed by atoms with Crippen LogP contribution in [0.5, 0.6) is 5.75 Å². The third-order valence-corrected chi connectivity index (χ3v) is 6.91. The number of amides is 2. The van der Waals surface area contributed by atoms with Gasteiger partial charge in [0.05, 0.1) is 5.02 Å². The molecule has 3 N–H and O–H groups in total. The van der Waals surface area contributed by atoms with E-state index in [0.29, 0.717) is 6.04 Å². The Hall–Kier alpha value is -1.90. The maximum absolute atomic E-state index is 13.4. The lowest BCUT2D eigenvalue weighted by Crippen LogP contribution is -2.84. The van der Waals surface area contributed by atoms with Gasteiger partial charge in [0.2, 0.25) is 5.91 Å². The fraction of sp³-hybridized carbons (Fsp3) is 0.600. The van der Waals surface area contributed by atoms with Gasteiger partial charge >= 0.3 is 0 Å². The van der Waals surface area contributed by atoms with Gasteiger partial charge in [0.25, 0.3) is 5.91 Å². The van der Waals surface area contributed by atoms with Crippen molar-refractivity contribution in [1.29, 1.82) is 0 Å². The van der Waals surface area contributed by atoms with Crippen LogP contribution in [0.25, 0.3) is 0 Å². The van der Waals surface area contributed by atoms with E-state index in [4.69, 9.17) is 16.3 Å². The van der Waals surface area contributed by atoms with Crippen LogP contribution < -0.4 is 20.8 Å². The zero-order valence-electron chi connectivity index (χ0n) is 16.0. The molecule has 3 aliphatic carbocycles. The number of hydrazine groups is 1. The monoisotopic (exact) mass is 422 g/mol. The van der Waals surface area contributed by atoms with Gasteiger partial charge in [-0.2, -0.15) is 0 Å².